The molecule has 4 amide bonds. The summed E-state index contributed by atoms with van der Waals surface area (Å²) in [6.45, 7) is 3.16. The molecule has 5 nitrogen and oxygen atoms in total. The lowest BCUT2D eigenvalue weighted by Gasteiger charge is -2.40. The molecule has 2 bridgehead atoms. The van der Waals surface area contributed by atoms with Crippen molar-refractivity contribution in [1.82, 2.24) is 10.2 Å². The van der Waals surface area contributed by atoms with Crippen LogP contribution in [0.15, 0.2) is 0 Å². The number of carbonyl (C=O) groups is 3. The molecule has 3 unspecified atom stereocenters. The van der Waals surface area contributed by atoms with Crippen LogP contribution in [0.2, 0.25) is 0 Å². The third kappa shape index (κ3) is 1.42. The first-order valence-corrected chi connectivity index (χ1v) is 6.60. The Morgan fingerprint density at radius 1 is 1.17 bits per heavy atom. The highest BCUT2D eigenvalue weighted by Crippen LogP contribution is 2.47. The monoisotopic (exact) mass is 250 g/mol. The van der Waals surface area contributed by atoms with Gasteiger partial charge in [0.2, 0.25) is 11.8 Å². The SMILES string of the molecule is CC1(C)C(=O)NC(=O)N(C2CC3CCC2C3)C1=O. The largest absolute Gasteiger partial charge is 0.331 e. The van der Waals surface area contributed by atoms with Crippen LogP contribution in [-0.2, 0) is 9.59 Å². The molecule has 98 valence electrons. The van der Waals surface area contributed by atoms with Gasteiger partial charge in [-0.25, -0.2) is 4.79 Å². The van der Waals surface area contributed by atoms with Crippen molar-refractivity contribution in [1.29, 1.82) is 0 Å². The molecule has 3 rings (SSSR count). The highest BCUT2D eigenvalue weighted by atomic mass is 16.2. The van der Waals surface area contributed by atoms with Gasteiger partial charge in [-0.05, 0) is 44.9 Å². The maximum atomic E-state index is 12.4. The zero-order valence-corrected chi connectivity index (χ0v) is 10.7. The quantitative estimate of drug-likeness (QED) is 0.713. The summed E-state index contributed by atoms with van der Waals surface area (Å²) < 4.78 is 0. The molecule has 0 aromatic carbocycles. The molecule has 2 aliphatic carbocycles. The standard InChI is InChI=1S/C13H18N2O3/c1-13(2)10(16)14-12(18)15(11(13)17)9-6-7-3-4-8(9)5-7/h7-9H,3-6H2,1-2H3,(H,14,16,18). The highest BCUT2D eigenvalue weighted by Gasteiger charge is 2.53. The first-order chi connectivity index (χ1) is 8.41. The second kappa shape index (κ2) is 3.56. The number of hydrogen-bond acceptors (Lipinski definition) is 3. The van der Waals surface area contributed by atoms with Crippen molar-refractivity contribution in [3.63, 3.8) is 0 Å². The third-order valence-electron chi connectivity index (χ3n) is 4.79. The minimum atomic E-state index is -1.13. The predicted molar refractivity (Wildman–Crippen MR) is 63.4 cm³/mol. The van der Waals surface area contributed by atoms with E-state index in [0.717, 1.165) is 19.3 Å². The van der Waals surface area contributed by atoms with E-state index < -0.39 is 17.4 Å². The van der Waals surface area contributed by atoms with E-state index in [1.807, 2.05) is 0 Å². The Hall–Kier alpha value is -1.39. The minimum absolute atomic E-state index is 0.00336. The number of hydrogen-bond donors (Lipinski definition) is 1. The Balaban J connectivity index is 1.89. The molecule has 0 aromatic heterocycles. The van der Waals surface area contributed by atoms with Gasteiger partial charge in [0, 0.05) is 6.04 Å². The van der Waals surface area contributed by atoms with Gasteiger partial charge in [0.15, 0.2) is 0 Å². The second-order valence-corrected chi connectivity index (χ2v) is 6.30. The molecule has 0 radical (unpaired) electrons. The van der Waals surface area contributed by atoms with E-state index in [1.54, 1.807) is 13.8 Å². The summed E-state index contributed by atoms with van der Waals surface area (Å²) >= 11 is 0. The molecule has 3 aliphatic rings. The summed E-state index contributed by atoms with van der Waals surface area (Å²) in [4.78, 5) is 37.3. The number of nitrogens with one attached hydrogen (secondary N) is 1. The minimum Gasteiger partial charge on any atom is -0.277 e. The van der Waals surface area contributed by atoms with Crippen LogP contribution in [0, 0.1) is 17.3 Å². The summed E-state index contributed by atoms with van der Waals surface area (Å²) in [5, 5.41) is 2.31. The van der Waals surface area contributed by atoms with Gasteiger partial charge in [-0.3, -0.25) is 19.8 Å². The van der Waals surface area contributed by atoms with Crippen LogP contribution in [0.25, 0.3) is 0 Å². The van der Waals surface area contributed by atoms with E-state index in [1.165, 1.54) is 11.3 Å². The lowest BCUT2D eigenvalue weighted by molar-refractivity contribution is -0.151. The molecule has 0 aromatic rings. The fraction of sp³-hybridized carbons (Fsp3) is 0.769. The van der Waals surface area contributed by atoms with Crippen molar-refractivity contribution in [2.45, 2.75) is 45.6 Å². The van der Waals surface area contributed by atoms with Crippen molar-refractivity contribution in [2.75, 3.05) is 0 Å². The van der Waals surface area contributed by atoms with Gasteiger partial charge in [0.1, 0.15) is 5.41 Å². The summed E-state index contributed by atoms with van der Waals surface area (Å²) in [5.74, 6) is 0.265. The smallest absolute Gasteiger partial charge is 0.277 e. The number of rotatable bonds is 1. The molecule has 1 N–H and O–H groups in total. The zero-order chi connectivity index (χ0) is 13.1. The van der Waals surface area contributed by atoms with Crippen LogP contribution in [0.5, 0.6) is 0 Å². The van der Waals surface area contributed by atoms with Gasteiger partial charge in [0.05, 0.1) is 0 Å². The maximum Gasteiger partial charge on any atom is 0.331 e. The van der Waals surface area contributed by atoms with Crippen LogP contribution in [0.1, 0.15) is 39.5 Å². The molecule has 3 fully saturated rings. The lowest BCUT2D eigenvalue weighted by atomic mass is 9.85. The van der Waals surface area contributed by atoms with Gasteiger partial charge >= 0.3 is 6.03 Å². The molecule has 0 spiro atoms. The lowest BCUT2D eigenvalue weighted by Crippen LogP contribution is -2.65. The molecule has 1 aliphatic heterocycles. The van der Waals surface area contributed by atoms with E-state index in [4.69, 9.17) is 0 Å². The van der Waals surface area contributed by atoms with Crippen LogP contribution in [0.3, 0.4) is 0 Å². The average molecular weight is 250 g/mol. The Morgan fingerprint density at radius 3 is 2.44 bits per heavy atom. The molecule has 1 saturated heterocycles. The van der Waals surface area contributed by atoms with E-state index in [0.29, 0.717) is 11.8 Å². The van der Waals surface area contributed by atoms with Crippen molar-refractivity contribution in [3.8, 4) is 0 Å². The molecular weight excluding hydrogens is 232 g/mol. The van der Waals surface area contributed by atoms with Gasteiger partial charge < -0.3 is 0 Å². The summed E-state index contributed by atoms with van der Waals surface area (Å²) in [6, 6.07) is -0.523. The van der Waals surface area contributed by atoms with E-state index in [-0.39, 0.29) is 11.9 Å². The van der Waals surface area contributed by atoms with Crippen LogP contribution >= 0.6 is 0 Å². The normalized spacial score (nSPS) is 38.2. The van der Waals surface area contributed by atoms with E-state index in [9.17, 15) is 14.4 Å². The van der Waals surface area contributed by atoms with Crippen molar-refractivity contribution in [3.05, 3.63) is 0 Å². The molecule has 18 heavy (non-hydrogen) atoms. The van der Waals surface area contributed by atoms with Gasteiger partial charge in [0.25, 0.3) is 0 Å². The number of imide groups is 2. The van der Waals surface area contributed by atoms with Crippen molar-refractivity contribution in [2.24, 2.45) is 17.3 Å². The van der Waals surface area contributed by atoms with Crippen molar-refractivity contribution >= 4 is 17.8 Å². The third-order valence-corrected chi connectivity index (χ3v) is 4.79. The predicted octanol–water partition coefficient (Wildman–Crippen LogP) is 1.28. The van der Waals surface area contributed by atoms with Crippen LogP contribution < -0.4 is 5.32 Å². The van der Waals surface area contributed by atoms with E-state index >= 15 is 0 Å². The number of nitrogens with zero attached hydrogens (tertiary/aromatic N) is 1. The Labute approximate surface area is 106 Å². The number of amides is 4. The Bertz CT molecular complexity index is 444. The molecular formula is C13H18N2O3. The Morgan fingerprint density at radius 2 is 1.89 bits per heavy atom. The molecule has 3 atom stereocenters. The fourth-order valence-corrected chi connectivity index (χ4v) is 3.63. The van der Waals surface area contributed by atoms with Crippen LogP contribution in [0.4, 0.5) is 4.79 Å². The number of urea groups is 1. The molecule has 2 saturated carbocycles. The van der Waals surface area contributed by atoms with Gasteiger partial charge in [-0.1, -0.05) is 6.42 Å². The van der Waals surface area contributed by atoms with E-state index in [2.05, 4.69) is 5.32 Å². The second-order valence-electron chi connectivity index (χ2n) is 6.30. The number of carbonyl (C=O) groups excluding carboxylic acids is 3. The van der Waals surface area contributed by atoms with Crippen molar-refractivity contribution < 1.29 is 14.4 Å². The van der Waals surface area contributed by atoms with Gasteiger partial charge in [-0.15, -0.1) is 0 Å². The number of barbiturate groups is 1. The molecule has 5 heteroatoms. The zero-order valence-electron chi connectivity index (χ0n) is 10.7. The average Bonchev–Trinajstić information content (AvgIpc) is 2.89. The summed E-state index contributed by atoms with van der Waals surface area (Å²) in [6.07, 6.45) is 4.35. The topological polar surface area (TPSA) is 66.5 Å². The van der Waals surface area contributed by atoms with Gasteiger partial charge in [-0.2, -0.15) is 0 Å². The number of fused-ring (bicyclic) bond motifs is 2. The maximum absolute atomic E-state index is 12.4. The summed E-state index contributed by atoms with van der Waals surface area (Å²) in [7, 11) is 0. The highest BCUT2D eigenvalue weighted by molar-refractivity contribution is 6.18. The fourth-order valence-electron chi connectivity index (χ4n) is 3.63. The molecule has 1 heterocycles. The Kier molecular flexibility index (Phi) is 2.31. The summed E-state index contributed by atoms with van der Waals surface area (Å²) in [5.41, 5.74) is -1.13. The first-order valence-electron chi connectivity index (χ1n) is 6.60. The van der Waals surface area contributed by atoms with Crippen LogP contribution in [-0.4, -0.2) is 28.8 Å². The first kappa shape index (κ1) is 11.7.